The molecule has 1 aliphatic carbocycles. The number of hydrogen-bond acceptors (Lipinski definition) is 4. The summed E-state index contributed by atoms with van der Waals surface area (Å²) in [5, 5.41) is 6.35. The van der Waals surface area contributed by atoms with Gasteiger partial charge in [-0.15, -0.1) is 0 Å². The van der Waals surface area contributed by atoms with Crippen molar-refractivity contribution in [2.24, 2.45) is 5.92 Å². The summed E-state index contributed by atoms with van der Waals surface area (Å²) in [7, 11) is 0. The second-order valence-corrected chi connectivity index (χ2v) is 13.3. The van der Waals surface area contributed by atoms with Gasteiger partial charge in [0.2, 0.25) is 5.91 Å². The van der Waals surface area contributed by atoms with Crippen LogP contribution >= 0.6 is 0 Å². The van der Waals surface area contributed by atoms with Gasteiger partial charge >= 0.3 is 6.03 Å². The van der Waals surface area contributed by atoms with E-state index in [1.807, 2.05) is 35.2 Å². The number of carbonyl (C=O) groups is 3. The lowest BCUT2D eigenvalue weighted by atomic mass is 9.85. The van der Waals surface area contributed by atoms with Crippen molar-refractivity contribution in [2.45, 2.75) is 90.0 Å². The number of piperidine rings is 1. The fourth-order valence-corrected chi connectivity index (χ4v) is 7.16. The Morgan fingerprint density at radius 2 is 1.51 bits per heavy atom. The maximum absolute atomic E-state index is 14.1. The summed E-state index contributed by atoms with van der Waals surface area (Å²) >= 11 is 0. The minimum atomic E-state index is -0.777. The van der Waals surface area contributed by atoms with Gasteiger partial charge in [0.1, 0.15) is 12.1 Å². The van der Waals surface area contributed by atoms with E-state index in [1.54, 1.807) is 4.90 Å². The van der Waals surface area contributed by atoms with Gasteiger partial charge in [-0.3, -0.25) is 9.59 Å². The molecule has 232 valence electrons. The minimum absolute atomic E-state index is 0.0172. The Bertz CT molecular complexity index is 1250. The first kappa shape index (κ1) is 30.9. The molecule has 5 rings (SSSR count). The topological polar surface area (TPSA) is 85.0 Å². The molecule has 2 heterocycles. The third-order valence-electron chi connectivity index (χ3n) is 9.71. The van der Waals surface area contributed by atoms with Gasteiger partial charge in [-0.1, -0.05) is 83.4 Å². The molecule has 1 saturated carbocycles. The van der Waals surface area contributed by atoms with E-state index in [0.29, 0.717) is 45.1 Å². The van der Waals surface area contributed by atoms with Gasteiger partial charge in [-0.05, 0) is 66.7 Å². The van der Waals surface area contributed by atoms with Crippen molar-refractivity contribution in [2.75, 3.05) is 43.1 Å². The van der Waals surface area contributed by atoms with E-state index in [9.17, 15) is 14.4 Å². The molecule has 4 amide bonds. The molecule has 0 bridgehead atoms. The van der Waals surface area contributed by atoms with Crippen molar-refractivity contribution in [3.05, 3.63) is 59.7 Å². The second-order valence-electron chi connectivity index (χ2n) is 13.3. The molecule has 8 heteroatoms. The predicted molar refractivity (Wildman–Crippen MR) is 172 cm³/mol. The monoisotopic (exact) mass is 587 g/mol. The minimum Gasteiger partial charge on any atom is -0.354 e. The highest BCUT2D eigenvalue weighted by Gasteiger charge is 2.54. The third-order valence-corrected chi connectivity index (χ3v) is 9.71. The van der Waals surface area contributed by atoms with Gasteiger partial charge in [0.05, 0.1) is 6.67 Å². The quantitative estimate of drug-likeness (QED) is 0.380. The standard InChI is InChI=1S/C35H49N5O3/c1-25(2)29-16-11-17-30(26(3)4)32(29)37-34(43)38-20-18-35(19-21-38)33(42)39(24-40(35)28-14-9-6-10-15-28)23-31(41)36-22-27-12-7-5-8-13-27/h6,9-11,14-17,25-27H,5,7-8,12-13,18-24H2,1-4H3,(H,36,41)(H,37,43). The number of likely N-dealkylation sites (tertiary alicyclic amines) is 1. The van der Waals surface area contributed by atoms with Crippen LogP contribution in [0.5, 0.6) is 0 Å². The molecule has 2 aromatic rings. The number of carbonyl (C=O) groups excluding carboxylic acids is 3. The Labute approximate surface area is 257 Å². The number of benzene rings is 2. The van der Waals surface area contributed by atoms with Gasteiger partial charge in [0.25, 0.3) is 5.91 Å². The average Bonchev–Trinajstić information content (AvgIpc) is 3.27. The van der Waals surface area contributed by atoms with Gasteiger partial charge in [0.15, 0.2) is 0 Å². The van der Waals surface area contributed by atoms with E-state index in [0.717, 1.165) is 22.5 Å². The summed E-state index contributed by atoms with van der Waals surface area (Å²) in [4.78, 5) is 46.4. The molecule has 0 aromatic heterocycles. The van der Waals surface area contributed by atoms with Crippen molar-refractivity contribution in [1.82, 2.24) is 15.1 Å². The van der Waals surface area contributed by atoms with Crippen LogP contribution in [-0.4, -0.2) is 66.0 Å². The summed E-state index contributed by atoms with van der Waals surface area (Å²) in [6, 6.07) is 16.1. The predicted octanol–water partition coefficient (Wildman–Crippen LogP) is 6.30. The third kappa shape index (κ3) is 6.68. The Morgan fingerprint density at radius 3 is 2.12 bits per heavy atom. The van der Waals surface area contributed by atoms with E-state index < -0.39 is 5.54 Å². The molecule has 2 saturated heterocycles. The fourth-order valence-electron chi connectivity index (χ4n) is 7.16. The van der Waals surface area contributed by atoms with Crippen LogP contribution in [0.3, 0.4) is 0 Å². The summed E-state index contributed by atoms with van der Waals surface area (Å²) in [5.74, 6) is 0.987. The summed E-state index contributed by atoms with van der Waals surface area (Å²) in [6.07, 6.45) is 7.11. The lowest BCUT2D eigenvalue weighted by Gasteiger charge is -2.43. The fraction of sp³-hybridized carbons (Fsp3) is 0.571. The van der Waals surface area contributed by atoms with Crippen LogP contribution in [0.15, 0.2) is 48.5 Å². The average molecular weight is 588 g/mol. The summed E-state index contributed by atoms with van der Waals surface area (Å²) < 4.78 is 0. The molecular weight excluding hydrogens is 538 g/mol. The van der Waals surface area contributed by atoms with Crippen molar-refractivity contribution in [1.29, 1.82) is 0 Å². The molecule has 2 aliphatic heterocycles. The lowest BCUT2D eigenvalue weighted by Crippen LogP contribution is -2.58. The first-order chi connectivity index (χ1) is 20.7. The molecule has 2 aromatic carbocycles. The Balaban J connectivity index is 1.28. The van der Waals surface area contributed by atoms with Crippen molar-refractivity contribution < 1.29 is 14.4 Å². The summed E-state index contributed by atoms with van der Waals surface area (Å²) in [5.41, 5.74) is 3.36. The Morgan fingerprint density at radius 1 is 0.884 bits per heavy atom. The van der Waals surface area contributed by atoms with Crippen LogP contribution < -0.4 is 15.5 Å². The molecule has 8 nitrogen and oxygen atoms in total. The maximum atomic E-state index is 14.1. The highest BCUT2D eigenvalue weighted by Crippen LogP contribution is 2.40. The number of rotatable bonds is 8. The molecule has 0 radical (unpaired) electrons. The SMILES string of the molecule is CC(C)c1cccc(C(C)C)c1NC(=O)N1CCC2(CC1)C(=O)N(CC(=O)NCC1CCCCC1)CN2c1ccccc1. The maximum Gasteiger partial charge on any atom is 0.321 e. The van der Waals surface area contributed by atoms with Crippen LogP contribution in [0, 0.1) is 5.92 Å². The van der Waals surface area contributed by atoms with E-state index in [1.165, 1.54) is 32.1 Å². The number of para-hydroxylation sites is 2. The highest BCUT2D eigenvalue weighted by atomic mass is 16.2. The van der Waals surface area contributed by atoms with E-state index >= 15 is 0 Å². The van der Waals surface area contributed by atoms with E-state index in [-0.39, 0.29) is 36.2 Å². The van der Waals surface area contributed by atoms with E-state index in [2.05, 4.69) is 61.4 Å². The molecular formula is C35H49N5O3. The molecule has 0 unspecified atom stereocenters. The Hall–Kier alpha value is -3.55. The van der Waals surface area contributed by atoms with E-state index in [4.69, 9.17) is 0 Å². The molecule has 2 N–H and O–H groups in total. The number of nitrogens with zero attached hydrogens (tertiary/aromatic N) is 3. The van der Waals surface area contributed by atoms with Crippen LogP contribution in [0.1, 0.15) is 95.6 Å². The van der Waals surface area contributed by atoms with Crippen LogP contribution in [0.25, 0.3) is 0 Å². The molecule has 3 aliphatic rings. The van der Waals surface area contributed by atoms with Crippen molar-refractivity contribution >= 4 is 29.2 Å². The van der Waals surface area contributed by atoms with Gasteiger partial charge in [-0.25, -0.2) is 4.79 Å². The van der Waals surface area contributed by atoms with Crippen LogP contribution in [0.4, 0.5) is 16.2 Å². The van der Waals surface area contributed by atoms with Crippen molar-refractivity contribution in [3.8, 4) is 0 Å². The highest BCUT2D eigenvalue weighted by molar-refractivity contribution is 5.97. The number of urea groups is 1. The normalized spacial score (nSPS) is 19.0. The Kier molecular flexibility index (Phi) is 9.62. The van der Waals surface area contributed by atoms with Crippen LogP contribution in [-0.2, 0) is 9.59 Å². The van der Waals surface area contributed by atoms with Gasteiger partial charge < -0.3 is 25.3 Å². The largest absolute Gasteiger partial charge is 0.354 e. The number of anilines is 2. The summed E-state index contributed by atoms with van der Waals surface area (Å²) in [6.45, 7) is 10.6. The van der Waals surface area contributed by atoms with Crippen molar-refractivity contribution in [3.63, 3.8) is 0 Å². The number of amides is 4. The molecule has 0 atom stereocenters. The molecule has 1 spiro atoms. The number of hydrogen-bond donors (Lipinski definition) is 2. The zero-order valence-electron chi connectivity index (χ0n) is 26.4. The first-order valence-corrected chi connectivity index (χ1v) is 16.3. The first-order valence-electron chi connectivity index (χ1n) is 16.3. The molecule has 43 heavy (non-hydrogen) atoms. The second kappa shape index (κ2) is 13.4. The lowest BCUT2D eigenvalue weighted by molar-refractivity contribution is -0.137. The smallest absolute Gasteiger partial charge is 0.321 e. The van der Waals surface area contributed by atoms with Gasteiger partial charge in [0, 0.05) is 31.0 Å². The van der Waals surface area contributed by atoms with Gasteiger partial charge in [-0.2, -0.15) is 0 Å². The number of nitrogens with one attached hydrogen (secondary N) is 2. The molecule has 3 fully saturated rings. The van der Waals surface area contributed by atoms with Crippen LogP contribution in [0.2, 0.25) is 0 Å². The zero-order chi connectivity index (χ0) is 30.6. The zero-order valence-corrected chi connectivity index (χ0v) is 26.4.